The second-order valence-electron chi connectivity index (χ2n) is 5.69. The van der Waals surface area contributed by atoms with Gasteiger partial charge in [-0.3, -0.25) is 4.18 Å². The Morgan fingerprint density at radius 1 is 1.00 bits per heavy atom. The molecule has 1 aromatic rings. The summed E-state index contributed by atoms with van der Waals surface area (Å²) in [5, 5.41) is 8.43. The standard InChI is InChI=1S/C17H26O8S/c1-13-4-6-16(7-5-13)26(20,21)25-11-10-24-15(3)14(2)23-9-8-22-12-17(18)19/h4-7,14-15H,8-12H2,1-3H3,(H,18,19)/t14-,15-/m1/s1. The predicted molar refractivity (Wildman–Crippen MR) is 93.6 cm³/mol. The number of aryl methyl sites for hydroxylation is 1. The average Bonchev–Trinajstić information content (AvgIpc) is 2.58. The first-order valence-electron chi connectivity index (χ1n) is 8.21. The quantitative estimate of drug-likeness (QED) is 0.400. The van der Waals surface area contributed by atoms with Gasteiger partial charge in [-0.1, -0.05) is 17.7 Å². The summed E-state index contributed by atoms with van der Waals surface area (Å²) in [6.07, 6.45) is -0.558. The molecule has 9 heteroatoms. The monoisotopic (exact) mass is 390 g/mol. The molecule has 8 nitrogen and oxygen atoms in total. The molecule has 0 aromatic heterocycles. The lowest BCUT2D eigenvalue weighted by molar-refractivity contribution is -0.143. The fourth-order valence-corrected chi connectivity index (χ4v) is 2.77. The molecule has 0 unspecified atom stereocenters. The second-order valence-corrected chi connectivity index (χ2v) is 7.30. The van der Waals surface area contributed by atoms with E-state index in [4.69, 9.17) is 23.5 Å². The molecule has 0 saturated carbocycles. The summed E-state index contributed by atoms with van der Waals surface area (Å²) in [4.78, 5) is 10.4. The Bertz CT molecular complexity index is 641. The van der Waals surface area contributed by atoms with Crippen LogP contribution in [0.4, 0.5) is 0 Å². The number of benzene rings is 1. The highest BCUT2D eigenvalue weighted by Gasteiger charge is 2.16. The topological polar surface area (TPSA) is 108 Å². The lowest BCUT2D eigenvalue weighted by atomic mass is 10.2. The summed E-state index contributed by atoms with van der Waals surface area (Å²) in [5.74, 6) is -1.03. The van der Waals surface area contributed by atoms with Crippen molar-refractivity contribution in [2.45, 2.75) is 37.9 Å². The fourth-order valence-electron chi connectivity index (χ4n) is 1.87. The molecule has 1 rings (SSSR count). The van der Waals surface area contributed by atoms with Crippen LogP contribution in [0.15, 0.2) is 29.2 Å². The first-order chi connectivity index (χ1) is 12.2. The third-order valence-corrected chi connectivity index (χ3v) is 4.83. The van der Waals surface area contributed by atoms with Gasteiger partial charge in [0, 0.05) is 0 Å². The molecule has 148 valence electrons. The maximum absolute atomic E-state index is 12.0. The van der Waals surface area contributed by atoms with Crippen molar-refractivity contribution in [2.24, 2.45) is 0 Å². The van der Waals surface area contributed by atoms with Crippen LogP contribution in [0.5, 0.6) is 0 Å². The van der Waals surface area contributed by atoms with Gasteiger partial charge in [-0.25, -0.2) is 4.79 Å². The minimum Gasteiger partial charge on any atom is -0.480 e. The maximum Gasteiger partial charge on any atom is 0.329 e. The average molecular weight is 390 g/mol. The molecule has 0 spiro atoms. The molecule has 0 radical (unpaired) electrons. The summed E-state index contributed by atoms with van der Waals surface area (Å²) in [6.45, 7) is 5.49. The van der Waals surface area contributed by atoms with Gasteiger partial charge in [-0.15, -0.1) is 0 Å². The minimum absolute atomic E-state index is 0.0927. The Morgan fingerprint density at radius 2 is 1.54 bits per heavy atom. The summed E-state index contributed by atoms with van der Waals surface area (Å²) >= 11 is 0. The van der Waals surface area contributed by atoms with Gasteiger partial charge in [0.25, 0.3) is 10.1 Å². The predicted octanol–water partition coefficient (Wildman–Crippen LogP) is 1.61. The van der Waals surface area contributed by atoms with Crippen LogP contribution >= 0.6 is 0 Å². The van der Waals surface area contributed by atoms with Crippen LogP contribution in [0, 0.1) is 6.92 Å². The second kappa shape index (κ2) is 11.2. The number of hydrogen-bond acceptors (Lipinski definition) is 7. The Kier molecular flexibility index (Phi) is 9.74. The highest BCUT2D eigenvalue weighted by molar-refractivity contribution is 7.86. The van der Waals surface area contributed by atoms with E-state index in [0.29, 0.717) is 0 Å². The Balaban J connectivity index is 2.23. The Hall–Kier alpha value is -1.52. The zero-order valence-electron chi connectivity index (χ0n) is 15.2. The van der Waals surface area contributed by atoms with Crippen LogP contribution in [-0.2, 0) is 33.3 Å². The number of aliphatic carboxylic acids is 1. The number of rotatable bonds is 13. The molecule has 0 amide bonds. The number of carboxylic acid groups (broad SMARTS) is 1. The summed E-state index contributed by atoms with van der Waals surface area (Å²) in [7, 11) is -3.80. The van der Waals surface area contributed by atoms with E-state index >= 15 is 0 Å². The van der Waals surface area contributed by atoms with Crippen molar-refractivity contribution in [2.75, 3.05) is 33.0 Å². The van der Waals surface area contributed by atoms with Crippen LogP contribution in [0.25, 0.3) is 0 Å². The molecule has 0 aliphatic heterocycles. The van der Waals surface area contributed by atoms with E-state index in [1.165, 1.54) is 12.1 Å². The number of ether oxygens (including phenoxy) is 3. The molecular weight excluding hydrogens is 364 g/mol. The molecular formula is C17H26O8S. The highest BCUT2D eigenvalue weighted by Crippen LogP contribution is 2.13. The number of hydrogen-bond donors (Lipinski definition) is 1. The van der Waals surface area contributed by atoms with Gasteiger partial charge in [0.1, 0.15) is 6.61 Å². The van der Waals surface area contributed by atoms with Gasteiger partial charge in [-0.2, -0.15) is 8.42 Å². The largest absolute Gasteiger partial charge is 0.480 e. The summed E-state index contributed by atoms with van der Waals surface area (Å²) in [6, 6.07) is 6.40. The first kappa shape index (κ1) is 22.5. The van der Waals surface area contributed by atoms with Crippen LogP contribution in [0.2, 0.25) is 0 Å². The molecule has 1 aromatic carbocycles. The van der Waals surface area contributed by atoms with Crippen LogP contribution in [-0.4, -0.2) is 64.7 Å². The van der Waals surface area contributed by atoms with Crippen molar-refractivity contribution in [3.8, 4) is 0 Å². The first-order valence-corrected chi connectivity index (χ1v) is 9.62. The van der Waals surface area contributed by atoms with Gasteiger partial charge >= 0.3 is 5.97 Å². The lowest BCUT2D eigenvalue weighted by Crippen LogP contribution is -2.29. The van der Waals surface area contributed by atoms with Crippen molar-refractivity contribution >= 4 is 16.1 Å². The van der Waals surface area contributed by atoms with Gasteiger partial charge < -0.3 is 19.3 Å². The Morgan fingerprint density at radius 3 is 2.08 bits per heavy atom. The molecule has 26 heavy (non-hydrogen) atoms. The summed E-state index contributed by atoms with van der Waals surface area (Å²) < 4.78 is 44.8. The SMILES string of the molecule is Cc1ccc(S(=O)(=O)OCCO[C@H](C)[C@@H](C)OCCOCC(=O)O)cc1. The third-order valence-electron chi connectivity index (χ3n) is 3.51. The normalized spacial score (nSPS) is 14.1. The van der Waals surface area contributed by atoms with E-state index in [1.54, 1.807) is 26.0 Å². The Labute approximate surface area is 154 Å². The van der Waals surface area contributed by atoms with Gasteiger partial charge in [0.15, 0.2) is 0 Å². The molecule has 0 bridgehead atoms. The van der Waals surface area contributed by atoms with Crippen molar-refractivity contribution < 1.29 is 36.7 Å². The highest BCUT2D eigenvalue weighted by atomic mass is 32.2. The van der Waals surface area contributed by atoms with Crippen LogP contribution in [0.1, 0.15) is 19.4 Å². The molecule has 2 atom stereocenters. The van der Waals surface area contributed by atoms with E-state index < -0.39 is 16.1 Å². The fraction of sp³-hybridized carbons (Fsp3) is 0.588. The van der Waals surface area contributed by atoms with E-state index in [-0.39, 0.29) is 50.1 Å². The van der Waals surface area contributed by atoms with E-state index in [1.807, 2.05) is 6.92 Å². The molecule has 0 heterocycles. The number of carbonyl (C=O) groups is 1. The zero-order chi connectivity index (χ0) is 19.6. The maximum atomic E-state index is 12.0. The lowest BCUT2D eigenvalue weighted by Gasteiger charge is -2.21. The van der Waals surface area contributed by atoms with E-state index in [0.717, 1.165) is 5.56 Å². The van der Waals surface area contributed by atoms with E-state index in [2.05, 4.69) is 0 Å². The number of carboxylic acids is 1. The van der Waals surface area contributed by atoms with E-state index in [9.17, 15) is 13.2 Å². The van der Waals surface area contributed by atoms with Gasteiger partial charge in [0.2, 0.25) is 0 Å². The third kappa shape index (κ3) is 8.72. The van der Waals surface area contributed by atoms with Gasteiger partial charge in [-0.05, 0) is 32.9 Å². The van der Waals surface area contributed by atoms with Crippen LogP contribution in [0.3, 0.4) is 0 Å². The van der Waals surface area contributed by atoms with Crippen molar-refractivity contribution in [3.05, 3.63) is 29.8 Å². The molecule has 0 fully saturated rings. The molecule has 0 saturated heterocycles. The van der Waals surface area contributed by atoms with Crippen molar-refractivity contribution in [1.82, 2.24) is 0 Å². The van der Waals surface area contributed by atoms with Crippen LogP contribution < -0.4 is 0 Å². The smallest absolute Gasteiger partial charge is 0.329 e. The van der Waals surface area contributed by atoms with Gasteiger partial charge in [0.05, 0.1) is 43.5 Å². The molecule has 1 N–H and O–H groups in total. The minimum atomic E-state index is -3.80. The van der Waals surface area contributed by atoms with Crippen molar-refractivity contribution in [1.29, 1.82) is 0 Å². The summed E-state index contributed by atoms with van der Waals surface area (Å²) in [5.41, 5.74) is 0.962. The van der Waals surface area contributed by atoms with Crippen molar-refractivity contribution in [3.63, 3.8) is 0 Å². The molecule has 0 aliphatic carbocycles. The zero-order valence-corrected chi connectivity index (χ0v) is 16.0. The molecule has 0 aliphatic rings.